The lowest BCUT2D eigenvalue weighted by Crippen LogP contribution is -2.51. The number of fused-ring (bicyclic) bond motifs is 6. The number of hydrogen-bond donors (Lipinski definition) is 1. The summed E-state index contributed by atoms with van der Waals surface area (Å²) in [5.41, 5.74) is 2.62. The molecule has 7 heteroatoms. The zero-order chi connectivity index (χ0) is 28.3. The number of carbonyl (C=O) groups is 3. The molecule has 3 aliphatic rings. The van der Waals surface area contributed by atoms with Crippen LogP contribution in [0.3, 0.4) is 0 Å². The molecule has 0 bridgehead atoms. The molecule has 7 rings (SSSR count). The topological polar surface area (TPSA) is 75.7 Å². The minimum Gasteiger partial charge on any atom is -0.497 e. The van der Waals surface area contributed by atoms with E-state index < -0.39 is 23.4 Å². The predicted molar refractivity (Wildman–Crippen MR) is 162 cm³/mol. The van der Waals surface area contributed by atoms with Crippen molar-refractivity contribution in [1.29, 1.82) is 0 Å². The van der Waals surface area contributed by atoms with Gasteiger partial charge in [0.2, 0.25) is 5.91 Å². The van der Waals surface area contributed by atoms with Crippen LogP contribution in [0.5, 0.6) is 5.75 Å². The van der Waals surface area contributed by atoms with Gasteiger partial charge in [-0.3, -0.25) is 14.4 Å². The normalized spacial score (nSPS) is 23.5. The van der Waals surface area contributed by atoms with Crippen LogP contribution in [0.15, 0.2) is 108 Å². The van der Waals surface area contributed by atoms with Crippen molar-refractivity contribution in [3.63, 3.8) is 0 Å². The number of hydrogen-bond acceptors (Lipinski definition) is 5. The van der Waals surface area contributed by atoms with Crippen LogP contribution in [0, 0.1) is 5.92 Å². The highest BCUT2D eigenvalue weighted by Gasteiger charge is 2.70. The number of nitrogens with zero attached hydrogens (tertiary/aromatic N) is 1. The number of Topliss-reactive ketones (excluding diaryl/α,β-unsaturated/α-hetero) is 2. The molecule has 1 N–H and O–H groups in total. The summed E-state index contributed by atoms with van der Waals surface area (Å²) >= 11 is 3.46. The van der Waals surface area contributed by atoms with Crippen molar-refractivity contribution in [2.45, 2.75) is 17.5 Å². The molecule has 0 aromatic heterocycles. The summed E-state index contributed by atoms with van der Waals surface area (Å²) in [5, 5.41) is 3.06. The molecule has 0 radical (unpaired) electrons. The Hall–Kier alpha value is -4.49. The SMILES string of the molecule is COc1cccc(C(=O)[C@@H]2[C@H](C(=O)c3ccc(Br)cc3)N3c4ccccc4C=C[C@H]3[C@]23C(=O)Nc2ccccc23)c1. The van der Waals surface area contributed by atoms with Gasteiger partial charge in [-0.1, -0.05) is 88.7 Å². The van der Waals surface area contributed by atoms with Crippen molar-refractivity contribution in [1.82, 2.24) is 0 Å². The minimum atomic E-state index is -1.35. The number of para-hydroxylation sites is 2. The van der Waals surface area contributed by atoms with E-state index in [4.69, 9.17) is 4.74 Å². The molecule has 1 amide bonds. The van der Waals surface area contributed by atoms with Crippen molar-refractivity contribution in [3.05, 3.63) is 130 Å². The molecular formula is C34H25BrN2O4. The molecule has 3 aliphatic heterocycles. The van der Waals surface area contributed by atoms with Crippen LogP contribution in [0.4, 0.5) is 11.4 Å². The molecule has 4 aromatic carbocycles. The molecule has 6 nitrogen and oxygen atoms in total. The van der Waals surface area contributed by atoms with Gasteiger partial charge in [-0.25, -0.2) is 0 Å². The zero-order valence-electron chi connectivity index (χ0n) is 22.1. The summed E-state index contributed by atoms with van der Waals surface area (Å²) in [4.78, 5) is 45.9. The van der Waals surface area contributed by atoms with Gasteiger partial charge in [-0.2, -0.15) is 0 Å². The Morgan fingerprint density at radius 2 is 1.63 bits per heavy atom. The lowest BCUT2D eigenvalue weighted by molar-refractivity contribution is -0.121. The molecule has 1 spiro atoms. The summed E-state index contributed by atoms with van der Waals surface area (Å²) in [6.45, 7) is 0. The fourth-order valence-corrected chi connectivity index (χ4v) is 7.12. The Morgan fingerprint density at radius 1 is 0.878 bits per heavy atom. The zero-order valence-corrected chi connectivity index (χ0v) is 23.7. The van der Waals surface area contributed by atoms with Crippen molar-refractivity contribution >= 4 is 50.9 Å². The molecule has 3 heterocycles. The third-order valence-electron chi connectivity index (χ3n) is 8.58. The molecule has 202 valence electrons. The lowest BCUT2D eigenvalue weighted by atomic mass is 9.64. The quantitative estimate of drug-likeness (QED) is 0.270. The Morgan fingerprint density at radius 3 is 2.44 bits per heavy atom. The first kappa shape index (κ1) is 25.5. The third-order valence-corrected chi connectivity index (χ3v) is 9.10. The van der Waals surface area contributed by atoms with E-state index in [1.165, 1.54) is 0 Å². The summed E-state index contributed by atoms with van der Waals surface area (Å²) in [7, 11) is 1.54. The molecule has 0 unspecified atom stereocenters. The van der Waals surface area contributed by atoms with Gasteiger partial charge < -0.3 is 15.0 Å². The maximum absolute atomic E-state index is 14.8. The van der Waals surface area contributed by atoms with E-state index in [9.17, 15) is 14.4 Å². The monoisotopic (exact) mass is 604 g/mol. The third kappa shape index (κ3) is 3.65. The van der Waals surface area contributed by atoms with Gasteiger partial charge >= 0.3 is 0 Å². The second-order valence-corrected chi connectivity index (χ2v) is 11.4. The van der Waals surface area contributed by atoms with Crippen molar-refractivity contribution in [3.8, 4) is 5.75 Å². The summed E-state index contributed by atoms with van der Waals surface area (Å²) in [6, 6.07) is 27.8. The van der Waals surface area contributed by atoms with Gasteiger partial charge in [-0.05, 0) is 47.5 Å². The highest BCUT2D eigenvalue weighted by molar-refractivity contribution is 9.10. The Bertz CT molecular complexity index is 1760. The molecule has 4 atom stereocenters. The van der Waals surface area contributed by atoms with Gasteiger partial charge in [0, 0.05) is 27.0 Å². The molecule has 4 aromatic rings. The van der Waals surface area contributed by atoms with Crippen LogP contribution in [0.2, 0.25) is 0 Å². The number of carbonyl (C=O) groups excluding carboxylic acids is 3. The van der Waals surface area contributed by atoms with Gasteiger partial charge in [0.1, 0.15) is 17.2 Å². The standard InChI is InChI=1S/C34H25BrN2O4/c1-41-24-9-6-8-22(19-24)31(38)29-30(32(39)21-13-16-23(35)17-14-21)37-27-12-5-2-7-20(27)15-18-28(37)34(29)25-10-3-4-11-26(25)36-33(34)40/h2-19,28-30H,1H3,(H,36,40)/t28-,29-,30+,34-/m0/s1. The minimum absolute atomic E-state index is 0.220. The highest BCUT2D eigenvalue weighted by atomic mass is 79.9. The van der Waals surface area contributed by atoms with Crippen molar-refractivity contribution in [2.75, 3.05) is 17.3 Å². The number of amides is 1. The van der Waals surface area contributed by atoms with Gasteiger partial charge in [0.25, 0.3) is 0 Å². The van der Waals surface area contributed by atoms with Crippen molar-refractivity contribution in [2.24, 2.45) is 5.92 Å². The first-order chi connectivity index (χ1) is 19.9. The first-order valence-corrected chi connectivity index (χ1v) is 14.2. The molecule has 1 saturated heterocycles. The summed E-state index contributed by atoms with van der Waals surface area (Å²) in [6.07, 6.45) is 3.97. The number of anilines is 2. The summed E-state index contributed by atoms with van der Waals surface area (Å²) < 4.78 is 6.28. The number of benzene rings is 4. The number of halogens is 1. The maximum Gasteiger partial charge on any atom is 0.238 e. The van der Waals surface area contributed by atoms with Gasteiger partial charge in [0.05, 0.1) is 19.1 Å². The first-order valence-electron chi connectivity index (χ1n) is 13.4. The van der Waals surface area contributed by atoms with Crippen molar-refractivity contribution < 1.29 is 19.1 Å². The van der Waals surface area contributed by atoms with Crippen LogP contribution in [-0.2, 0) is 10.2 Å². The highest BCUT2D eigenvalue weighted by Crippen LogP contribution is 2.58. The Balaban J connectivity index is 1.53. The molecule has 41 heavy (non-hydrogen) atoms. The number of ketones is 2. The molecular weight excluding hydrogens is 580 g/mol. The van der Waals surface area contributed by atoms with E-state index in [1.54, 1.807) is 43.5 Å². The molecule has 0 aliphatic carbocycles. The Labute approximate surface area is 245 Å². The van der Waals surface area contributed by atoms with Gasteiger partial charge in [-0.15, -0.1) is 0 Å². The number of nitrogens with one attached hydrogen (secondary N) is 1. The molecule has 0 saturated carbocycles. The smallest absolute Gasteiger partial charge is 0.238 e. The lowest BCUT2D eigenvalue weighted by Gasteiger charge is -2.37. The second kappa shape index (κ2) is 9.56. The van der Waals surface area contributed by atoms with E-state index >= 15 is 0 Å². The largest absolute Gasteiger partial charge is 0.497 e. The summed E-state index contributed by atoms with van der Waals surface area (Å²) in [5.74, 6) is -1.30. The Kier molecular flexibility index (Phi) is 5.94. The fourth-order valence-electron chi connectivity index (χ4n) is 6.86. The van der Waals surface area contributed by atoms with Crippen LogP contribution in [0.25, 0.3) is 6.08 Å². The van der Waals surface area contributed by atoms with E-state index in [-0.39, 0.29) is 17.5 Å². The van der Waals surface area contributed by atoms with Crippen LogP contribution in [-0.4, -0.2) is 36.7 Å². The van der Waals surface area contributed by atoms with E-state index in [0.717, 1.165) is 21.3 Å². The van der Waals surface area contributed by atoms with E-state index in [1.807, 2.05) is 77.7 Å². The van der Waals surface area contributed by atoms with Crippen LogP contribution < -0.4 is 15.0 Å². The van der Waals surface area contributed by atoms with Crippen LogP contribution in [0.1, 0.15) is 31.8 Å². The van der Waals surface area contributed by atoms with E-state index in [2.05, 4.69) is 21.2 Å². The average molecular weight is 605 g/mol. The number of methoxy groups -OCH3 is 1. The van der Waals surface area contributed by atoms with E-state index in [0.29, 0.717) is 22.6 Å². The maximum atomic E-state index is 14.8. The molecule has 1 fully saturated rings. The average Bonchev–Trinajstić information content (AvgIpc) is 3.49. The predicted octanol–water partition coefficient (Wildman–Crippen LogP) is 6.31. The number of ether oxygens (including phenoxy) is 1. The second-order valence-electron chi connectivity index (χ2n) is 10.5. The fraction of sp³-hybridized carbons (Fsp3) is 0.147. The van der Waals surface area contributed by atoms with Gasteiger partial charge in [0.15, 0.2) is 11.6 Å². The van der Waals surface area contributed by atoms with Crippen LogP contribution >= 0.6 is 15.9 Å². The number of rotatable bonds is 5.